The smallest absolute Gasteiger partial charge is 0.261 e. The van der Waals surface area contributed by atoms with Gasteiger partial charge in [0.1, 0.15) is 5.82 Å². The Kier molecular flexibility index (Phi) is 6.00. The molecular formula is C18H22N4O2S. The second-order valence-corrected chi connectivity index (χ2v) is 6.86. The van der Waals surface area contributed by atoms with Crippen LogP contribution in [0.25, 0.3) is 0 Å². The first-order valence-electron chi connectivity index (χ1n) is 8.55. The minimum absolute atomic E-state index is 0.0259. The number of amides is 2. The maximum Gasteiger partial charge on any atom is 0.261 e. The average Bonchev–Trinajstić information content (AvgIpc) is 3.20. The van der Waals surface area contributed by atoms with Gasteiger partial charge in [-0.3, -0.25) is 9.59 Å². The van der Waals surface area contributed by atoms with E-state index in [1.807, 2.05) is 16.3 Å². The van der Waals surface area contributed by atoms with Gasteiger partial charge in [-0.1, -0.05) is 6.07 Å². The number of hydrogen-bond donors (Lipinski definition) is 2. The summed E-state index contributed by atoms with van der Waals surface area (Å²) in [5.74, 6) is 0.517. The summed E-state index contributed by atoms with van der Waals surface area (Å²) in [6, 6.07) is 7.23. The molecule has 2 aromatic rings. The number of carbonyl (C=O) groups is 2. The number of nitrogens with zero attached hydrogens (tertiary/aromatic N) is 2. The topological polar surface area (TPSA) is 74.3 Å². The number of rotatable bonds is 6. The lowest BCUT2D eigenvalue weighted by Gasteiger charge is -2.27. The number of carbonyl (C=O) groups excluding carboxylic acids is 2. The highest BCUT2D eigenvalue weighted by Gasteiger charge is 2.21. The van der Waals surface area contributed by atoms with Crippen LogP contribution in [-0.4, -0.2) is 47.9 Å². The normalized spacial score (nSPS) is 14.2. The van der Waals surface area contributed by atoms with Crippen LogP contribution in [0.2, 0.25) is 0 Å². The Labute approximate surface area is 151 Å². The van der Waals surface area contributed by atoms with Crippen LogP contribution in [0.3, 0.4) is 0 Å². The van der Waals surface area contributed by atoms with E-state index in [9.17, 15) is 9.59 Å². The van der Waals surface area contributed by atoms with Crippen LogP contribution in [0.4, 0.5) is 5.82 Å². The zero-order valence-corrected chi connectivity index (χ0v) is 14.8. The van der Waals surface area contributed by atoms with Crippen LogP contribution in [0, 0.1) is 0 Å². The average molecular weight is 358 g/mol. The van der Waals surface area contributed by atoms with E-state index in [4.69, 9.17) is 0 Å². The largest absolute Gasteiger partial charge is 0.368 e. The molecular weight excluding hydrogens is 336 g/mol. The van der Waals surface area contributed by atoms with Gasteiger partial charge in [-0.2, -0.15) is 0 Å². The van der Waals surface area contributed by atoms with E-state index in [1.54, 1.807) is 24.4 Å². The minimum atomic E-state index is -0.0811. The Morgan fingerprint density at radius 2 is 1.96 bits per heavy atom. The van der Waals surface area contributed by atoms with Crippen molar-refractivity contribution in [2.45, 2.75) is 19.3 Å². The molecule has 0 saturated carbocycles. The second-order valence-electron chi connectivity index (χ2n) is 5.91. The van der Waals surface area contributed by atoms with Crippen molar-refractivity contribution in [1.82, 2.24) is 15.2 Å². The highest BCUT2D eigenvalue weighted by Crippen LogP contribution is 2.17. The molecule has 7 heteroatoms. The van der Waals surface area contributed by atoms with Gasteiger partial charge in [0.05, 0.1) is 10.4 Å². The summed E-state index contributed by atoms with van der Waals surface area (Å²) in [6.07, 6.45) is 4.97. The van der Waals surface area contributed by atoms with Crippen LogP contribution in [0.5, 0.6) is 0 Å². The molecule has 1 fully saturated rings. The highest BCUT2D eigenvalue weighted by atomic mass is 32.1. The molecule has 0 radical (unpaired) electrons. The molecule has 0 unspecified atom stereocenters. The summed E-state index contributed by atoms with van der Waals surface area (Å²) in [5, 5.41) is 7.89. The molecule has 2 aromatic heterocycles. The number of anilines is 1. The molecule has 2 N–H and O–H groups in total. The van der Waals surface area contributed by atoms with Gasteiger partial charge in [0, 0.05) is 32.4 Å². The first-order valence-corrected chi connectivity index (χ1v) is 9.43. The highest BCUT2D eigenvalue weighted by molar-refractivity contribution is 7.12. The molecule has 0 aromatic carbocycles. The maximum atomic E-state index is 12.7. The number of pyridine rings is 1. The molecule has 1 saturated heterocycles. The molecule has 2 amide bonds. The van der Waals surface area contributed by atoms with Gasteiger partial charge < -0.3 is 15.5 Å². The zero-order valence-electron chi connectivity index (χ0n) is 14.0. The van der Waals surface area contributed by atoms with Crippen molar-refractivity contribution in [3.63, 3.8) is 0 Å². The molecule has 3 rings (SSSR count). The van der Waals surface area contributed by atoms with E-state index in [2.05, 4.69) is 15.6 Å². The molecule has 0 bridgehead atoms. The van der Waals surface area contributed by atoms with Gasteiger partial charge in [-0.15, -0.1) is 11.3 Å². The Morgan fingerprint density at radius 3 is 2.72 bits per heavy atom. The van der Waals surface area contributed by atoms with E-state index < -0.39 is 0 Å². The maximum absolute atomic E-state index is 12.7. The molecule has 1 aliphatic rings. The van der Waals surface area contributed by atoms with Crippen LogP contribution in [0.15, 0.2) is 35.8 Å². The number of nitrogens with one attached hydrogen (secondary N) is 2. The van der Waals surface area contributed by atoms with Crippen LogP contribution in [-0.2, 0) is 0 Å². The van der Waals surface area contributed by atoms with Crippen molar-refractivity contribution in [3.05, 3.63) is 46.3 Å². The van der Waals surface area contributed by atoms with E-state index in [1.165, 1.54) is 17.8 Å². The summed E-state index contributed by atoms with van der Waals surface area (Å²) in [5.41, 5.74) is 0.592. The third kappa shape index (κ3) is 4.57. The lowest BCUT2D eigenvalue weighted by atomic mass is 10.1. The van der Waals surface area contributed by atoms with E-state index in [0.29, 0.717) is 29.3 Å². The van der Waals surface area contributed by atoms with Crippen molar-refractivity contribution in [2.24, 2.45) is 0 Å². The monoisotopic (exact) mass is 358 g/mol. The van der Waals surface area contributed by atoms with Crippen molar-refractivity contribution in [1.29, 1.82) is 0 Å². The molecule has 132 valence electrons. The fraction of sp³-hybridized carbons (Fsp3) is 0.389. The third-order valence-corrected chi connectivity index (χ3v) is 5.00. The molecule has 1 aliphatic heterocycles. The Bertz CT molecular complexity index is 712. The predicted molar refractivity (Wildman–Crippen MR) is 99.1 cm³/mol. The van der Waals surface area contributed by atoms with Crippen LogP contribution in [0.1, 0.15) is 39.3 Å². The molecule has 0 aliphatic carbocycles. The summed E-state index contributed by atoms with van der Waals surface area (Å²) in [6.45, 7) is 2.59. The number of aromatic nitrogens is 1. The summed E-state index contributed by atoms with van der Waals surface area (Å²) < 4.78 is 0. The van der Waals surface area contributed by atoms with Crippen LogP contribution >= 0.6 is 11.3 Å². The lowest BCUT2D eigenvalue weighted by Crippen LogP contribution is -2.36. The minimum Gasteiger partial charge on any atom is -0.368 e. The predicted octanol–water partition coefficient (Wildman–Crippen LogP) is 2.61. The molecule has 0 spiro atoms. The second kappa shape index (κ2) is 8.62. The van der Waals surface area contributed by atoms with Gasteiger partial charge >= 0.3 is 0 Å². The molecule has 25 heavy (non-hydrogen) atoms. The Balaban J connectivity index is 1.54. The van der Waals surface area contributed by atoms with Crippen molar-refractivity contribution in [3.8, 4) is 0 Å². The SMILES string of the molecule is O=C(NCCNc1ncccc1C(=O)N1CCCCC1)c1cccs1. The van der Waals surface area contributed by atoms with Gasteiger partial charge in [-0.25, -0.2) is 4.98 Å². The summed E-state index contributed by atoms with van der Waals surface area (Å²) >= 11 is 1.41. The van der Waals surface area contributed by atoms with Gasteiger partial charge in [-0.05, 0) is 42.8 Å². The van der Waals surface area contributed by atoms with E-state index in [0.717, 1.165) is 25.9 Å². The summed E-state index contributed by atoms with van der Waals surface area (Å²) in [4.78, 5) is 31.5. The fourth-order valence-corrected chi connectivity index (χ4v) is 3.48. The standard InChI is InChI=1S/C18H22N4O2S/c23-17(15-7-5-13-25-15)21-10-9-20-16-14(6-4-8-19-16)18(24)22-11-2-1-3-12-22/h4-8,13H,1-3,9-12H2,(H,19,20)(H,21,23). The van der Waals surface area contributed by atoms with Crippen molar-refractivity contribution < 1.29 is 9.59 Å². The number of hydrogen-bond acceptors (Lipinski definition) is 5. The van der Waals surface area contributed by atoms with Gasteiger partial charge in [0.2, 0.25) is 0 Å². The van der Waals surface area contributed by atoms with Crippen molar-refractivity contribution in [2.75, 3.05) is 31.5 Å². The van der Waals surface area contributed by atoms with Gasteiger partial charge in [0.25, 0.3) is 11.8 Å². The fourth-order valence-electron chi connectivity index (χ4n) is 2.84. The Hall–Kier alpha value is -2.41. The number of piperidine rings is 1. The Morgan fingerprint density at radius 1 is 1.12 bits per heavy atom. The van der Waals surface area contributed by atoms with Crippen LogP contribution < -0.4 is 10.6 Å². The van der Waals surface area contributed by atoms with E-state index in [-0.39, 0.29) is 11.8 Å². The zero-order chi connectivity index (χ0) is 17.5. The lowest BCUT2D eigenvalue weighted by molar-refractivity contribution is 0.0724. The molecule has 3 heterocycles. The van der Waals surface area contributed by atoms with E-state index >= 15 is 0 Å². The quantitative estimate of drug-likeness (QED) is 0.779. The molecule has 0 atom stereocenters. The first-order chi connectivity index (χ1) is 12.3. The van der Waals surface area contributed by atoms with Crippen molar-refractivity contribution >= 4 is 29.0 Å². The number of thiophene rings is 1. The summed E-state index contributed by atoms with van der Waals surface area (Å²) in [7, 11) is 0. The third-order valence-electron chi connectivity index (χ3n) is 4.13. The number of likely N-dealkylation sites (tertiary alicyclic amines) is 1. The molecule has 6 nitrogen and oxygen atoms in total. The first kappa shape index (κ1) is 17.4. The van der Waals surface area contributed by atoms with Gasteiger partial charge in [0.15, 0.2) is 0 Å².